The first-order valence-corrected chi connectivity index (χ1v) is 9.04. The van der Waals surface area contributed by atoms with Crippen LogP contribution in [0.3, 0.4) is 0 Å². The molecular weight excluding hydrogens is 324 g/mol. The fourth-order valence-corrected chi connectivity index (χ4v) is 3.92. The monoisotopic (exact) mass is 342 g/mol. The van der Waals surface area contributed by atoms with Gasteiger partial charge in [0, 0.05) is 24.4 Å². The van der Waals surface area contributed by atoms with E-state index in [0.29, 0.717) is 5.57 Å². The Balaban J connectivity index is 1.71. The van der Waals surface area contributed by atoms with Crippen LogP contribution in [0.5, 0.6) is 0 Å². The molecule has 0 fully saturated rings. The highest BCUT2D eigenvalue weighted by Crippen LogP contribution is 2.22. The average molecular weight is 342 g/mol. The van der Waals surface area contributed by atoms with E-state index in [2.05, 4.69) is 5.32 Å². The Hall–Kier alpha value is -2.44. The third kappa shape index (κ3) is 3.25. The molecule has 0 radical (unpaired) electrons. The zero-order chi connectivity index (χ0) is 17.2. The van der Waals surface area contributed by atoms with Crippen molar-refractivity contribution in [3.63, 3.8) is 0 Å². The van der Waals surface area contributed by atoms with E-state index in [9.17, 15) is 13.2 Å². The summed E-state index contributed by atoms with van der Waals surface area (Å²) in [5.74, 6) is -0.268. The third-order valence-corrected chi connectivity index (χ3v) is 5.78. The lowest BCUT2D eigenvalue weighted by Gasteiger charge is -2.16. The summed E-state index contributed by atoms with van der Waals surface area (Å²) in [6.45, 7) is 2.19. The molecule has 0 unspecified atom stereocenters. The fourth-order valence-electron chi connectivity index (χ4n) is 2.54. The number of nitrogens with zero attached hydrogens (tertiary/aromatic N) is 1. The van der Waals surface area contributed by atoms with Gasteiger partial charge in [0.25, 0.3) is 5.91 Å². The van der Waals surface area contributed by atoms with Crippen molar-refractivity contribution in [2.75, 3.05) is 18.4 Å². The predicted octanol–water partition coefficient (Wildman–Crippen LogP) is 2.56. The van der Waals surface area contributed by atoms with E-state index < -0.39 is 10.0 Å². The topological polar surface area (TPSA) is 66.5 Å². The van der Waals surface area contributed by atoms with Crippen LogP contribution in [0, 0.1) is 6.92 Å². The van der Waals surface area contributed by atoms with Crippen LogP contribution >= 0.6 is 0 Å². The first-order chi connectivity index (χ1) is 11.5. The molecule has 3 rings (SSSR count). The van der Waals surface area contributed by atoms with Gasteiger partial charge < -0.3 is 5.32 Å². The van der Waals surface area contributed by atoms with E-state index in [0.717, 1.165) is 11.3 Å². The first kappa shape index (κ1) is 16.4. The Morgan fingerprint density at radius 1 is 1.04 bits per heavy atom. The molecule has 0 saturated carbocycles. The largest absolute Gasteiger partial charge is 0.322 e. The molecule has 1 amide bonds. The molecule has 0 spiro atoms. The lowest BCUT2D eigenvalue weighted by molar-refractivity contribution is -0.112. The molecule has 0 saturated heterocycles. The second-order valence-electron chi connectivity index (χ2n) is 5.61. The Kier molecular flexibility index (Phi) is 4.51. The van der Waals surface area contributed by atoms with Crippen LogP contribution in [0.1, 0.15) is 5.56 Å². The molecule has 1 aliphatic heterocycles. The van der Waals surface area contributed by atoms with Crippen molar-refractivity contribution in [2.45, 2.75) is 11.8 Å². The number of amides is 1. The summed E-state index contributed by atoms with van der Waals surface area (Å²) in [5, 5.41) is 2.84. The van der Waals surface area contributed by atoms with Crippen molar-refractivity contribution in [2.24, 2.45) is 0 Å². The molecule has 0 bridgehead atoms. The quantitative estimate of drug-likeness (QED) is 0.929. The number of carbonyl (C=O) groups excluding carboxylic acids is 1. The molecule has 0 atom stereocenters. The fraction of sp³-hybridized carbons (Fsp3) is 0.167. The normalized spacial score (nSPS) is 15.1. The highest BCUT2D eigenvalue weighted by Gasteiger charge is 2.30. The van der Waals surface area contributed by atoms with Crippen molar-refractivity contribution < 1.29 is 13.2 Å². The lowest BCUT2D eigenvalue weighted by atomic mass is 10.2. The number of rotatable bonds is 4. The number of sulfonamides is 1. The number of nitrogens with one attached hydrogen (secondary N) is 1. The maximum Gasteiger partial charge on any atom is 0.252 e. The molecule has 0 aliphatic carbocycles. The van der Waals surface area contributed by atoms with Crippen molar-refractivity contribution in [3.05, 3.63) is 71.8 Å². The van der Waals surface area contributed by atoms with Gasteiger partial charge in [0.1, 0.15) is 0 Å². The molecule has 1 N–H and O–H groups in total. The minimum absolute atomic E-state index is 0.0783. The zero-order valence-corrected chi connectivity index (χ0v) is 14.1. The van der Waals surface area contributed by atoms with Crippen molar-refractivity contribution in [1.29, 1.82) is 0 Å². The van der Waals surface area contributed by atoms with E-state index in [1.54, 1.807) is 36.4 Å². The van der Waals surface area contributed by atoms with Crippen LogP contribution in [0.2, 0.25) is 0 Å². The average Bonchev–Trinajstić information content (AvgIpc) is 3.09. The number of aryl methyl sites for hydroxylation is 1. The van der Waals surface area contributed by atoms with Crippen LogP contribution in [0.15, 0.2) is 71.1 Å². The van der Waals surface area contributed by atoms with E-state index in [4.69, 9.17) is 0 Å². The van der Waals surface area contributed by atoms with Crippen LogP contribution in [-0.4, -0.2) is 31.7 Å². The summed E-state index contributed by atoms with van der Waals surface area (Å²) in [6.07, 6.45) is 1.66. The SMILES string of the molecule is Cc1ccccc1NC(=O)C1=CCN(S(=O)(=O)c2ccccc2)C1. The molecule has 5 nitrogen and oxygen atoms in total. The summed E-state index contributed by atoms with van der Waals surface area (Å²) in [4.78, 5) is 12.6. The van der Waals surface area contributed by atoms with E-state index in [1.165, 1.54) is 4.31 Å². The molecule has 24 heavy (non-hydrogen) atoms. The molecule has 2 aromatic carbocycles. The third-order valence-electron chi connectivity index (χ3n) is 3.95. The van der Waals surface area contributed by atoms with Gasteiger partial charge in [-0.25, -0.2) is 8.42 Å². The standard InChI is InChI=1S/C18H18N2O3S/c1-14-7-5-6-10-17(14)19-18(21)15-11-12-20(13-15)24(22,23)16-8-3-2-4-9-16/h2-11H,12-13H2,1H3,(H,19,21). The predicted molar refractivity (Wildman–Crippen MR) is 93.1 cm³/mol. The second-order valence-corrected chi connectivity index (χ2v) is 7.55. The van der Waals surface area contributed by atoms with Gasteiger partial charge >= 0.3 is 0 Å². The Morgan fingerprint density at radius 2 is 1.71 bits per heavy atom. The summed E-state index contributed by atoms with van der Waals surface area (Å²) in [6, 6.07) is 15.7. The summed E-state index contributed by atoms with van der Waals surface area (Å²) < 4.78 is 26.5. The van der Waals surface area contributed by atoms with E-state index in [1.807, 2.05) is 31.2 Å². The van der Waals surface area contributed by atoms with Gasteiger partial charge in [0.05, 0.1) is 4.90 Å². The molecular formula is C18H18N2O3S. The lowest BCUT2D eigenvalue weighted by Crippen LogP contribution is -2.30. The molecule has 1 heterocycles. The highest BCUT2D eigenvalue weighted by molar-refractivity contribution is 7.89. The van der Waals surface area contributed by atoms with Gasteiger partial charge in [0.2, 0.25) is 10.0 Å². The van der Waals surface area contributed by atoms with Gasteiger partial charge in [-0.15, -0.1) is 0 Å². The van der Waals surface area contributed by atoms with Crippen molar-refractivity contribution in [3.8, 4) is 0 Å². The van der Waals surface area contributed by atoms with Crippen LogP contribution in [0.4, 0.5) is 5.69 Å². The highest BCUT2D eigenvalue weighted by atomic mass is 32.2. The molecule has 0 aromatic heterocycles. The van der Waals surface area contributed by atoms with Crippen LogP contribution in [0.25, 0.3) is 0 Å². The van der Waals surface area contributed by atoms with Gasteiger partial charge in [-0.3, -0.25) is 4.79 Å². The molecule has 6 heteroatoms. The maximum absolute atomic E-state index is 12.6. The van der Waals surface area contributed by atoms with E-state index in [-0.39, 0.29) is 23.9 Å². The summed E-state index contributed by atoms with van der Waals surface area (Å²) >= 11 is 0. The zero-order valence-electron chi connectivity index (χ0n) is 13.3. The van der Waals surface area contributed by atoms with Crippen molar-refractivity contribution in [1.82, 2.24) is 4.31 Å². The van der Waals surface area contributed by atoms with Gasteiger partial charge in [-0.1, -0.05) is 42.5 Å². The number of para-hydroxylation sites is 1. The Morgan fingerprint density at radius 3 is 2.42 bits per heavy atom. The van der Waals surface area contributed by atoms with Crippen LogP contribution < -0.4 is 5.32 Å². The molecule has 2 aromatic rings. The number of hydrogen-bond acceptors (Lipinski definition) is 3. The summed E-state index contributed by atoms with van der Waals surface area (Å²) in [5.41, 5.74) is 2.14. The van der Waals surface area contributed by atoms with Crippen LogP contribution in [-0.2, 0) is 14.8 Å². The minimum Gasteiger partial charge on any atom is -0.322 e. The number of hydrogen-bond donors (Lipinski definition) is 1. The number of anilines is 1. The van der Waals surface area contributed by atoms with Gasteiger partial charge in [0.15, 0.2) is 0 Å². The number of carbonyl (C=O) groups is 1. The van der Waals surface area contributed by atoms with E-state index >= 15 is 0 Å². The Labute approximate surface area is 141 Å². The smallest absolute Gasteiger partial charge is 0.252 e. The number of benzene rings is 2. The van der Waals surface area contributed by atoms with Gasteiger partial charge in [-0.05, 0) is 30.7 Å². The summed E-state index contributed by atoms with van der Waals surface area (Å²) in [7, 11) is -3.58. The van der Waals surface area contributed by atoms with Gasteiger partial charge in [-0.2, -0.15) is 4.31 Å². The first-order valence-electron chi connectivity index (χ1n) is 7.60. The molecule has 1 aliphatic rings. The minimum atomic E-state index is -3.58. The molecule has 124 valence electrons. The van der Waals surface area contributed by atoms with Crippen molar-refractivity contribution >= 4 is 21.6 Å². The Bertz CT molecular complexity index is 889. The second kappa shape index (κ2) is 6.59. The maximum atomic E-state index is 12.6.